The quantitative estimate of drug-likeness (QED) is 0.145. The highest BCUT2D eigenvalue weighted by molar-refractivity contribution is 5.89. The molecule has 4 aliphatic rings. The normalized spacial score (nSPS) is 31.0. The van der Waals surface area contributed by atoms with Gasteiger partial charge in [0.25, 0.3) is 0 Å². The van der Waals surface area contributed by atoms with Crippen LogP contribution >= 0.6 is 0 Å². The second-order valence-corrected chi connectivity index (χ2v) is 15.5. The summed E-state index contributed by atoms with van der Waals surface area (Å²) in [5, 5.41) is 0. The Labute approximate surface area is 343 Å². The van der Waals surface area contributed by atoms with Crippen LogP contribution in [0.2, 0.25) is 0 Å². The van der Waals surface area contributed by atoms with Gasteiger partial charge >= 0.3 is 17.9 Å². The van der Waals surface area contributed by atoms with Crippen molar-refractivity contribution in [3.63, 3.8) is 0 Å². The zero-order valence-corrected chi connectivity index (χ0v) is 34.0. The van der Waals surface area contributed by atoms with Crippen LogP contribution in [0.3, 0.4) is 0 Å². The summed E-state index contributed by atoms with van der Waals surface area (Å²) in [7, 11) is 0. The second kappa shape index (κ2) is 18.5. The highest BCUT2D eigenvalue weighted by Crippen LogP contribution is 2.44. The molecule has 3 aromatic carbocycles. The molecule has 59 heavy (non-hydrogen) atoms. The summed E-state index contributed by atoms with van der Waals surface area (Å²) in [6.45, 7) is 9.77. The van der Waals surface area contributed by atoms with Crippen LogP contribution in [0.4, 0.5) is 0 Å². The predicted octanol–water partition coefficient (Wildman–Crippen LogP) is 5.19. The minimum absolute atomic E-state index is 0.0517. The van der Waals surface area contributed by atoms with E-state index in [0.717, 1.165) is 5.56 Å². The fraction of sp³-hybridized carbons (Fsp3) is 0.523. The zero-order valence-electron chi connectivity index (χ0n) is 34.0. The first-order chi connectivity index (χ1) is 28.3. The number of carbonyl (C=O) groups excluding carboxylic acids is 3. The number of hydrogen-bond donors (Lipinski definition) is 0. The van der Waals surface area contributed by atoms with E-state index in [2.05, 4.69) is 0 Å². The van der Waals surface area contributed by atoms with Crippen LogP contribution in [0.1, 0.15) is 69.1 Å². The highest BCUT2D eigenvalue weighted by Gasteiger charge is 2.61. The molecule has 4 fully saturated rings. The van der Waals surface area contributed by atoms with E-state index in [1.54, 1.807) is 95.3 Å². The van der Waals surface area contributed by atoms with Crippen molar-refractivity contribution in [3.05, 3.63) is 108 Å². The maximum Gasteiger partial charge on any atom is 0.339 e. The molecule has 3 aromatic rings. The number of carbonyl (C=O) groups is 3. The number of ether oxygens (including phenoxy) is 12. The summed E-state index contributed by atoms with van der Waals surface area (Å²) in [5.74, 6) is -3.91. The van der Waals surface area contributed by atoms with E-state index >= 15 is 0 Å². The molecule has 318 valence electrons. The minimum atomic E-state index is -1.39. The molecule has 0 saturated carbocycles. The van der Waals surface area contributed by atoms with E-state index in [1.165, 1.54) is 6.92 Å². The third-order valence-electron chi connectivity index (χ3n) is 10.2. The number of benzene rings is 3. The van der Waals surface area contributed by atoms with Crippen LogP contribution in [0.15, 0.2) is 91.0 Å². The Morgan fingerprint density at radius 1 is 0.661 bits per heavy atom. The van der Waals surface area contributed by atoms with Crippen LogP contribution in [-0.2, 0) is 73.0 Å². The van der Waals surface area contributed by atoms with Crippen molar-refractivity contribution in [1.82, 2.24) is 0 Å². The van der Waals surface area contributed by atoms with E-state index < -0.39 is 97.0 Å². The van der Waals surface area contributed by atoms with Crippen molar-refractivity contribution in [3.8, 4) is 0 Å². The molecule has 7 rings (SSSR count). The summed E-state index contributed by atoms with van der Waals surface area (Å²) < 4.78 is 75.2. The van der Waals surface area contributed by atoms with E-state index in [4.69, 9.17) is 56.8 Å². The van der Waals surface area contributed by atoms with Gasteiger partial charge in [0, 0.05) is 6.92 Å². The summed E-state index contributed by atoms with van der Waals surface area (Å²) >= 11 is 0. The zero-order chi connectivity index (χ0) is 41.7. The molecule has 0 bridgehead atoms. The van der Waals surface area contributed by atoms with Crippen LogP contribution in [0.25, 0.3) is 0 Å². The SMILES string of the molecule is CCOC(=O)[C@@H](O[C@H]1[C@@H](OC[C@H]2O[C@@H]3OC(C)(C)O[C@@H]3[C@H]3OC(C)(C)O[C@H]32)O[C@H](COC(C)=O)[C@@H](OCc2ccccc2)[C@@H]1OC(=O)c1ccccc1)c1ccccc1. The first kappa shape index (κ1) is 42.8. The molecule has 0 radical (unpaired) electrons. The highest BCUT2D eigenvalue weighted by atomic mass is 16.9. The van der Waals surface area contributed by atoms with Crippen LogP contribution < -0.4 is 0 Å². The molecule has 4 aliphatic heterocycles. The third kappa shape index (κ3) is 10.4. The Hall–Kier alpha value is -4.29. The Kier molecular flexibility index (Phi) is 13.5. The van der Waals surface area contributed by atoms with Gasteiger partial charge in [-0.1, -0.05) is 78.9 Å². The van der Waals surface area contributed by atoms with Crippen LogP contribution in [0.5, 0.6) is 0 Å². The Morgan fingerprint density at radius 3 is 1.97 bits per heavy atom. The van der Waals surface area contributed by atoms with Crippen molar-refractivity contribution in [1.29, 1.82) is 0 Å². The molecule has 0 aliphatic carbocycles. The number of hydrogen-bond acceptors (Lipinski definition) is 15. The smallest absolute Gasteiger partial charge is 0.339 e. The molecule has 0 N–H and O–H groups in total. The molecule has 0 spiro atoms. The Balaban J connectivity index is 1.27. The summed E-state index contributed by atoms with van der Waals surface area (Å²) in [4.78, 5) is 40.0. The number of fused-ring (bicyclic) bond motifs is 3. The molecule has 0 aromatic heterocycles. The van der Waals surface area contributed by atoms with Gasteiger partial charge in [0.05, 0.1) is 25.4 Å². The first-order valence-corrected chi connectivity index (χ1v) is 19.9. The van der Waals surface area contributed by atoms with Gasteiger partial charge in [-0.15, -0.1) is 0 Å². The predicted molar refractivity (Wildman–Crippen MR) is 205 cm³/mol. The molecule has 4 saturated heterocycles. The molecule has 11 atom stereocenters. The van der Waals surface area contributed by atoms with E-state index in [1.807, 2.05) is 30.3 Å². The fourth-order valence-electron chi connectivity index (χ4n) is 7.65. The largest absolute Gasteiger partial charge is 0.464 e. The lowest BCUT2D eigenvalue weighted by Crippen LogP contribution is -2.63. The van der Waals surface area contributed by atoms with Crippen molar-refractivity contribution in [2.75, 3.05) is 19.8 Å². The van der Waals surface area contributed by atoms with Gasteiger partial charge < -0.3 is 56.8 Å². The number of rotatable bonds is 15. The summed E-state index contributed by atoms with van der Waals surface area (Å²) in [5.41, 5.74) is 1.52. The minimum Gasteiger partial charge on any atom is -0.464 e. The topological polar surface area (TPSA) is 162 Å². The van der Waals surface area contributed by atoms with Crippen LogP contribution in [-0.4, -0.2) is 111 Å². The lowest BCUT2D eigenvalue weighted by molar-refractivity contribution is -0.332. The Bertz CT molecular complexity index is 1860. The van der Waals surface area contributed by atoms with Gasteiger partial charge in [-0.2, -0.15) is 0 Å². The molecular weight excluding hydrogens is 768 g/mol. The maximum atomic E-state index is 14.0. The van der Waals surface area contributed by atoms with Gasteiger partial charge in [-0.25, -0.2) is 9.59 Å². The van der Waals surface area contributed by atoms with Gasteiger partial charge in [0.2, 0.25) is 0 Å². The fourth-order valence-corrected chi connectivity index (χ4v) is 7.65. The third-order valence-corrected chi connectivity index (χ3v) is 10.2. The van der Waals surface area contributed by atoms with Gasteiger partial charge in [0.15, 0.2) is 36.4 Å². The molecule has 0 amide bonds. The van der Waals surface area contributed by atoms with Crippen molar-refractivity contribution >= 4 is 17.9 Å². The molecule has 15 nitrogen and oxygen atoms in total. The van der Waals surface area contributed by atoms with E-state index in [-0.39, 0.29) is 32.0 Å². The molecular formula is C44H52O15. The van der Waals surface area contributed by atoms with Gasteiger partial charge in [-0.05, 0) is 57.9 Å². The lowest BCUT2D eigenvalue weighted by atomic mass is 9.96. The van der Waals surface area contributed by atoms with E-state index in [0.29, 0.717) is 5.56 Å². The molecule has 4 heterocycles. The molecule has 0 unspecified atom stereocenters. The van der Waals surface area contributed by atoms with Crippen molar-refractivity contribution < 1.29 is 71.2 Å². The summed E-state index contributed by atoms with van der Waals surface area (Å²) in [6, 6.07) is 26.5. The Morgan fingerprint density at radius 2 is 1.29 bits per heavy atom. The maximum absolute atomic E-state index is 14.0. The second-order valence-electron chi connectivity index (χ2n) is 15.5. The van der Waals surface area contributed by atoms with Crippen molar-refractivity contribution in [2.45, 2.75) is 127 Å². The van der Waals surface area contributed by atoms with E-state index in [9.17, 15) is 14.4 Å². The first-order valence-electron chi connectivity index (χ1n) is 19.9. The average Bonchev–Trinajstić information content (AvgIpc) is 3.72. The number of esters is 3. The standard InChI is InChI=1S/C44H52O15/c1-7-48-40(47)32(28-19-13-9-14-20-28)54-37-35(55-39(46)29-21-15-10-16-22-29)33(50-23-27-17-11-8-12-18-27)30(24-49-26(2)45)52-41(37)51-25-31-34-36(57-43(3,4)56-34)38-42(53-31)59-44(5,6)58-38/h8-22,30-38,41-42H,7,23-25H2,1-6H3/t30-,31-,32+,33-,34+,35+,36+,37-,38-,41+,42-/m1/s1. The monoisotopic (exact) mass is 820 g/mol. The van der Waals surface area contributed by atoms with Gasteiger partial charge in [-0.3, -0.25) is 4.79 Å². The summed E-state index contributed by atoms with van der Waals surface area (Å²) in [6.07, 6.45) is -11.0. The molecule has 15 heteroatoms. The average molecular weight is 821 g/mol. The van der Waals surface area contributed by atoms with Crippen molar-refractivity contribution in [2.24, 2.45) is 0 Å². The van der Waals surface area contributed by atoms with Gasteiger partial charge in [0.1, 0.15) is 49.3 Å². The lowest BCUT2D eigenvalue weighted by Gasteiger charge is -2.46. The van der Waals surface area contributed by atoms with Crippen LogP contribution in [0, 0.1) is 0 Å².